The van der Waals surface area contributed by atoms with Crippen LogP contribution in [0.3, 0.4) is 0 Å². The van der Waals surface area contributed by atoms with Crippen LogP contribution in [0.2, 0.25) is 0 Å². The van der Waals surface area contributed by atoms with Crippen molar-refractivity contribution in [3.63, 3.8) is 0 Å². The Morgan fingerprint density at radius 1 is 1.06 bits per heavy atom. The fraction of sp³-hybridized carbons (Fsp3) is 0.333. The number of aromatic nitrogens is 2. The molecule has 4 rings (SSSR count). The third kappa shape index (κ3) is 5.28. The maximum Gasteiger partial charge on any atom is 0.573 e. The van der Waals surface area contributed by atoms with Crippen molar-refractivity contribution in [1.82, 2.24) is 19.2 Å². The second-order valence-corrected chi connectivity index (χ2v) is 9.64. The molecule has 3 aromatic rings. The van der Waals surface area contributed by atoms with Gasteiger partial charge in [-0.05, 0) is 29.8 Å². The number of carbonyl (C=O) groups excluding carboxylic acids is 1. The SMILES string of the molecule is CS(=O)(=O)c1nc(C(=O)N2CCN(Cc3ccc(OC(F)(F)F)cc3)CC2)c2ccccn12. The van der Waals surface area contributed by atoms with Gasteiger partial charge in [-0.1, -0.05) is 18.2 Å². The highest BCUT2D eigenvalue weighted by molar-refractivity contribution is 7.90. The Morgan fingerprint density at radius 3 is 2.33 bits per heavy atom. The van der Waals surface area contributed by atoms with Crippen LogP contribution in [0.1, 0.15) is 16.1 Å². The third-order valence-electron chi connectivity index (χ3n) is 5.27. The number of carbonyl (C=O) groups is 1. The van der Waals surface area contributed by atoms with Crippen LogP contribution in [0.25, 0.3) is 5.52 Å². The van der Waals surface area contributed by atoms with Crippen molar-refractivity contribution in [1.29, 1.82) is 0 Å². The molecule has 12 heteroatoms. The molecule has 0 N–H and O–H groups in total. The average molecular weight is 482 g/mol. The van der Waals surface area contributed by atoms with E-state index in [0.717, 1.165) is 11.8 Å². The van der Waals surface area contributed by atoms with Gasteiger partial charge in [0.15, 0.2) is 5.69 Å². The lowest BCUT2D eigenvalue weighted by Gasteiger charge is -2.34. The van der Waals surface area contributed by atoms with Gasteiger partial charge in [-0.15, -0.1) is 13.2 Å². The maximum atomic E-state index is 13.1. The van der Waals surface area contributed by atoms with E-state index in [-0.39, 0.29) is 22.5 Å². The average Bonchev–Trinajstić information content (AvgIpc) is 3.14. The van der Waals surface area contributed by atoms with E-state index in [0.29, 0.717) is 38.2 Å². The second-order valence-electron chi connectivity index (χ2n) is 7.73. The molecule has 0 radical (unpaired) electrons. The van der Waals surface area contributed by atoms with Crippen LogP contribution >= 0.6 is 0 Å². The molecule has 1 aromatic carbocycles. The number of amides is 1. The fourth-order valence-corrected chi connectivity index (χ4v) is 4.52. The minimum Gasteiger partial charge on any atom is -0.406 e. The Kier molecular flexibility index (Phi) is 6.06. The Morgan fingerprint density at radius 2 is 1.73 bits per heavy atom. The molecule has 0 saturated carbocycles. The molecule has 1 amide bonds. The number of ether oxygens (including phenoxy) is 1. The van der Waals surface area contributed by atoms with Gasteiger partial charge >= 0.3 is 6.36 Å². The van der Waals surface area contributed by atoms with E-state index in [1.807, 2.05) is 0 Å². The molecule has 1 aliphatic rings. The van der Waals surface area contributed by atoms with E-state index in [9.17, 15) is 26.4 Å². The summed E-state index contributed by atoms with van der Waals surface area (Å²) >= 11 is 0. The van der Waals surface area contributed by atoms with Crippen LogP contribution in [-0.4, -0.2) is 72.3 Å². The Labute approximate surface area is 188 Å². The van der Waals surface area contributed by atoms with E-state index >= 15 is 0 Å². The van der Waals surface area contributed by atoms with Gasteiger partial charge in [-0.3, -0.25) is 14.1 Å². The molecule has 0 atom stereocenters. The highest BCUT2D eigenvalue weighted by Crippen LogP contribution is 2.24. The largest absolute Gasteiger partial charge is 0.573 e. The summed E-state index contributed by atoms with van der Waals surface area (Å²) in [5.41, 5.74) is 1.33. The first-order valence-corrected chi connectivity index (χ1v) is 11.9. The van der Waals surface area contributed by atoms with Gasteiger partial charge in [0.05, 0.1) is 5.52 Å². The summed E-state index contributed by atoms with van der Waals surface area (Å²) in [7, 11) is -3.63. The number of imidazole rings is 1. The Bertz CT molecular complexity index is 1260. The molecule has 1 aliphatic heterocycles. The van der Waals surface area contributed by atoms with Gasteiger partial charge in [0, 0.05) is 45.2 Å². The number of rotatable bonds is 5. The summed E-state index contributed by atoms with van der Waals surface area (Å²) in [5.74, 6) is -0.621. The summed E-state index contributed by atoms with van der Waals surface area (Å²) < 4.78 is 66.3. The smallest absolute Gasteiger partial charge is 0.406 e. The minimum absolute atomic E-state index is 0.0877. The summed E-state index contributed by atoms with van der Waals surface area (Å²) in [6.45, 7) is 2.44. The van der Waals surface area contributed by atoms with Crippen molar-refractivity contribution in [2.24, 2.45) is 0 Å². The highest BCUT2D eigenvalue weighted by atomic mass is 32.2. The molecule has 33 heavy (non-hydrogen) atoms. The van der Waals surface area contributed by atoms with Crippen LogP contribution < -0.4 is 4.74 Å². The molecule has 2 aromatic heterocycles. The van der Waals surface area contributed by atoms with Crippen molar-refractivity contribution in [3.8, 4) is 5.75 Å². The summed E-state index contributed by atoms with van der Waals surface area (Å²) in [5, 5.41) is -0.182. The molecule has 1 saturated heterocycles. The minimum atomic E-state index is -4.73. The zero-order chi connectivity index (χ0) is 23.8. The summed E-state index contributed by atoms with van der Waals surface area (Å²) in [6, 6.07) is 10.7. The molecular formula is C21H21F3N4O4S. The van der Waals surface area contributed by atoms with E-state index < -0.39 is 16.2 Å². The van der Waals surface area contributed by atoms with Crippen LogP contribution in [0, 0.1) is 0 Å². The number of benzene rings is 1. The number of halogens is 3. The lowest BCUT2D eigenvalue weighted by Crippen LogP contribution is -2.48. The third-order valence-corrected chi connectivity index (χ3v) is 6.22. The standard InChI is InChI=1S/C21H21F3N4O4S/c1-33(30,31)20-25-18(17-4-2-3-9-28(17)20)19(29)27-12-10-26(11-13-27)14-15-5-7-16(8-6-15)32-21(22,23)24/h2-9H,10-14H2,1H3. The van der Waals surface area contributed by atoms with Crippen molar-refractivity contribution >= 4 is 21.3 Å². The lowest BCUT2D eigenvalue weighted by atomic mass is 10.2. The Balaban J connectivity index is 1.41. The zero-order valence-corrected chi connectivity index (χ0v) is 18.4. The Hall–Kier alpha value is -3.12. The predicted octanol–water partition coefficient (Wildman–Crippen LogP) is 2.59. The topological polar surface area (TPSA) is 84.2 Å². The van der Waals surface area contributed by atoms with Crippen LogP contribution in [0.4, 0.5) is 13.2 Å². The fourth-order valence-electron chi connectivity index (χ4n) is 3.74. The van der Waals surface area contributed by atoms with Gasteiger partial charge in [-0.25, -0.2) is 13.4 Å². The number of hydrogen-bond acceptors (Lipinski definition) is 6. The van der Waals surface area contributed by atoms with Crippen LogP contribution in [0.15, 0.2) is 53.8 Å². The maximum absolute atomic E-state index is 13.1. The van der Waals surface area contributed by atoms with Crippen molar-refractivity contribution in [2.45, 2.75) is 18.1 Å². The first-order valence-electron chi connectivity index (χ1n) is 10.0. The number of nitrogens with zero attached hydrogens (tertiary/aromatic N) is 4. The summed E-state index contributed by atoms with van der Waals surface area (Å²) in [6.07, 6.45) is -2.13. The monoisotopic (exact) mass is 482 g/mol. The number of sulfone groups is 1. The normalized spacial score (nSPS) is 15.7. The molecule has 0 bridgehead atoms. The van der Waals surface area contributed by atoms with Gasteiger partial charge < -0.3 is 9.64 Å². The molecule has 3 heterocycles. The van der Waals surface area contributed by atoms with Crippen molar-refractivity contribution < 1.29 is 31.1 Å². The van der Waals surface area contributed by atoms with E-state index in [1.165, 1.54) is 16.5 Å². The summed E-state index contributed by atoms with van der Waals surface area (Å²) in [4.78, 5) is 20.9. The molecule has 8 nitrogen and oxygen atoms in total. The molecule has 176 valence electrons. The molecule has 0 spiro atoms. The van der Waals surface area contributed by atoms with Crippen molar-refractivity contribution in [2.75, 3.05) is 32.4 Å². The van der Waals surface area contributed by atoms with E-state index in [1.54, 1.807) is 41.4 Å². The van der Waals surface area contributed by atoms with E-state index in [4.69, 9.17) is 0 Å². The van der Waals surface area contributed by atoms with Gasteiger partial charge in [0.25, 0.3) is 5.91 Å². The number of hydrogen-bond donors (Lipinski definition) is 0. The van der Waals surface area contributed by atoms with Crippen LogP contribution in [0.5, 0.6) is 5.75 Å². The zero-order valence-electron chi connectivity index (χ0n) is 17.6. The number of fused-ring (bicyclic) bond motifs is 1. The highest BCUT2D eigenvalue weighted by Gasteiger charge is 2.31. The quantitative estimate of drug-likeness (QED) is 0.556. The number of piperazine rings is 1. The molecule has 0 unspecified atom stereocenters. The van der Waals surface area contributed by atoms with E-state index in [2.05, 4.69) is 14.6 Å². The molecular weight excluding hydrogens is 461 g/mol. The van der Waals surface area contributed by atoms with Crippen molar-refractivity contribution in [3.05, 3.63) is 59.9 Å². The van der Waals surface area contributed by atoms with Crippen LogP contribution in [-0.2, 0) is 16.4 Å². The van der Waals surface area contributed by atoms with Gasteiger partial charge in [0.2, 0.25) is 15.0 Å². The number of pyridine rings is 1. The molecule has 0 aliphatic carbocycles. The first kappa shape index (κ1) is 23.1. The van der Waals surface area contributed by atoms with Gasteiger partial charge in [0.1, 0.15) is 5.75 Å². The molecule has 1 fully saturated rings. The first-order chi connectivity index (χ1) is 15.5. The predicted molar refractivity (Wildman–Crippen MR) is 113 cm³/mol. The second kappa shape index (κ2) is 8.67. The lowest BCUT2D eigenvalue weighted by molar-refractivity contribution is -0.274. The van der Waals surface area contributed by atoms with Gasteiger partial charge in [-0.2, -0.15) is 0 Å². The number of alkyl halides is 3.